The normalized spacial score (nSPS) is 8.73. The van der Waals surface area contributed by atoms with Gasteiger partial charge in [-0.2, -0.15) is 5.26 Å². The quantitative estimate of drug-likeness (QED) is 0.765. The van der Waals surface area contributed by atoms with Gasteiger partial charge in [-0.25, -0.2) is 4.39 Å². The molecular formula is C12H16FNO. The highest BCUT2D eigenvalue weighted by Crippen LogP contribution is 2.10. The van der Waals surface area contributed by atoms with Gasteiger partial charge in [-0.1, -0.05) is 19.9 Å². The van der Waals surface area contributed by atoms with Crippen LogP contribution in [0.3, 0.4) is 0 Å². The molecule has 1 aromatic carbocycles. The number of nitriles is 1. The molecule has 0 radical (unpaired) electrons. The fourth-order valence-electron chi connectivity index (χ4n) is 0.946. The molecule has 0 spiro atoms. The second kappa shape index (κ2) is 7.95. The van der Waals surface area contributed by atoms with Gasteiger partial charge < -0.3 is 4.74 Å². The lowest BCUT2D eigenvalue weighted by molar-refractivity contribution is 0.131. The second-order valence-corrected chi connectivity index (χ2v) is 2.56. The fourth-order valence-corrected chi connectivity index (χ4v) is 0.946. The zero-order valence-electron chi connectivity index (χ0n) is 9.38. The van der Waals surface area contributed by atoms with Gasteiger partial charge in [-0.05, 0) is 19.1 Å². The van der Waals surface area contributed by atoms with E-state index >= 15 is 0 Å². The number of hydrogen-bond acceptors (Lipinski definition) is 2. The minimum absolute atomic E-state index is 0.258. The molecule has 0 N–H and O–H groups in total. The summed E-state index contributed by atoms with van der Waals surface area (Å²) in [6, 6.07) is 6.24. The number of benzene rings is 1. The molecule has 0 aliphatic heterocycles. The van der Waals surface area contributed by atoms with Gasteiger partial charge in [-0.3, -0.25) is 0 Å². The molecular weight excluding hydrogens is 193 g/mol. The smallest absolute Gasteiger partial charge is 0.130 e. The highest BCUT2D eigenvalue weighted by Gasteiger charge is 2.02. The van der Waals surface area contributed by atoms with Crippen molar-refractivity contribution in [3.05, 3.63) is 35.1 Å². The molecule has 0 aliphatic carbocycles. The molecule has 0 fully saturated rings. The summed E-state index contributed by atoms with van der Waals surface area (Å²) in [7, 11) is 0. The summed E-state index contributed by atoms with van der Waals surface area (Å²) >= 11 is 0. The Hall–Kier alpha value is -1.40. The van der Waals surface area contributed by atoms with Crippen LogP contribution in [0.25, 0.3) is 0 Å². The Labute approximate surface area is 90.3 Å². The summed E-state index contributed by atoms with van der Waals surface area (Å²) in [6.45, 7) is 6.66. The summed E-state index contributed by atoms with van der Waals surface area (Å²) in [5.41, 5.74) is 0.818. The first-order valence-corrected chi connectivity index (χ1v) is 5.04. The summed E-state index contributed by atoms with van der Waals surface area (Å²) in [4.78, 5) is 0. The number of ether oxygens (including phenoxy) is 1. The Morgan fingerprint density at radius 3 is 2.53 bits per heavy atom. The van der Waals surface area contributed by atoms with Crippen molar-refractivity contribution in [3.63, 3.8) is 0 Å². The molecule has 0 heterocycles. The Balaban J connectivity index is 0.000000921. The van der Waals surface area contributed by atoms with Crippen molar-refractivity contribution in [2.75, 3.05) is 6.61 Å². The van der Waals surface area contributed by atoms with Crippen LogP contribution in [0.15, 0.2) is 18.2 Å². The summed E-state index contributed by atoms with van der Waals surface area (Å²) in [6.07, 6.45) is 0. The molecule has 82 valence electrons. The van der Waals surface area contributed by atoms with Crippen LogP contribution in [0, 0.1) is 17.1 Å². The molecule has 15 heavy (non-hydrogen) atoms. The zero-order valence-corrected chi connectivity index (χ0v) is 9.38. The van der Waals surface area contributed by atoms with Gasteiger partial charge in [0.05, 0.1) is 18.2 Å². The number of halogens is 1. The molecule has 0 bridgehead atoms. The Morgan fingerprint density at radius 1 is 1.40 bits per heavy atom. The van der Waals surface area contributed by atoms with Crippen molar-refractivity contribution in [3.8, 4) is 6.07 Å². The van der Waals surface area contributed by atoms with Crippen LogP contribution in [0.5, 0.6) is 0 Å². The van der Waals surface area contributed by atoms with Crippen molar-refractivity contribution in [1.29, 1.82) is 5.26 Å². The third-order valence-electron chi connectivity index (χ3n) is 1.64. The SMILES string of the molecule is CC.CCOCc1ccc(C#N)cc1F. The van der Waals surface area contributed by atoms with Gasteiger partial charge in [0.1, 0.15) is 5.82 Å². The van der Waals surface area contributed by atoms with E-state index in [4.69, 9.17) is 10.00 Å². The zero-order chi connectivity index (χ0) is 11.7. The molecule has 0 atom stereocenters. The van der Waals surface area contributed by atoms with Crippen LogP contribution < -0.4 is 0 Å². The van der Waals surface area contributed by atoms with Crippen LogP contribution >= 0.6 is 0 Å². The van der Waals surface area contributed by atoms with Crippen LogP contribution in [-0.2, 0) is 11.3 Å². The van der Waals surface area contributed by atoms with E-state index in [1.54, 1.807) is 12.1 Å². The third kappa shape index (κ3) is 4.57. The van der Waals surface area contributed by atoms with E-state index in [1.165, 1.54) is 6.07 Å². The molecule has 1 rings (SSSR count). The average molecular weight is 209 g/mol. The maximum atomic E-state index is 13.1. The van der Waals surface area contributed by atoms with Gasteiger partial charge in [0.2, 0.25) is 0 Å². The summed E-state index contributed by atoms with van der Waals surface area (Å²) in [5, 5.41) is 8.48. The Bertz CT molecular complexity index is 331. The molecule has 0 aromatic heterocycles. The van der Waals surface area contributed by atoms with Gasteiger partial charge in [0, 0.05) is 12.2 Å². The highest BCUT2D eigenvalue weighted by molar-refractivity contribution is 5.32. The average Bonchev–Trinajstić information content (AvgIpc) is 2.30. The molecule has 0 saturated heterocycles. The number of hydrogen-bond donors (Lipinski definition) is 0. The largest absolute Gasteiger partial charge is 0.377 e. The lowest BCUT2D eigenvalue weighted by Crippen LogP contribution is -1.95. The monoisotopic (exact) mass is 209 g/mol. The molecule has 0 amide bonds. The van der Waals surface area contributed by atoms with Gasteiger partial charge in [0.15, 0.2) is 0 Å². The van der Waals surface area contributed by atoms with Crippen molar-refractivity contribution in [2.24, 2.45) is 0 Å². The fraction of sp³-hybridized carbons (Fsp3) is 0.417. The number of rotatable bonds is 3. The molecule has 0 saturated carbocycles. The van der Waals surface area contributed by atoms with E-state index in [1.807, 2.05) is 26.8 Å². The van der Waals surface area contributed by atoms with Crippen molar-refractivity contribution < 1.29 is 9.13 Å². The van der Waals surface area contributed by atoms with Gasteiger partial charge >= 0.3 is 0 Å². The second-order valence-electron chi connectivity index (χ2n) is 2.56. The predicted octanol–water partition coefficient (Wildman–Crippen LogP) is 3.26. The molecule has 0 unspecified atom stereocenters. The first-order chi connectivity index (χ1) is 7.27. The van der Waals surface area contributed by atoms with Crippen LogP contribution in [0.1, 0.15) is 31.9 Å². The van der Waals surface area contributed by atoms with Crippen LogP contribution in [0.4, 0.5) is 4.39 Å². The predicted molar refractivity (Wildman–Crippen MR) is 57.8 cm³/mol. The van der Waals surface area contributed by atoms with E-state index in [9.17, 15) is 4.39 Å². The molecule has 2 nitrogen and oxygen atoms in total. The molecule has 0 aliphatic rings. The van der Waals surface area contributed by atoms with Crippen molar-refractivity contribution in [2.45, 2.75) is 27.4 Å². The van der Waals surface area contributed by atoms with Gasteiger partial charge in [-0.15, -0.1) is 0 Å². The maximum Gasteiger partial charge on any atom is 0.130 e. The Kier molecular flexibility index (Phi) is 7.21. The first-order valence-electron chi connectivity index (χ1n) is 5.04. The third-order valence-corrected chi connectivity index (χ3v) is 1.64. The van der Waals surface area contributed by atoms with E-state index in [0.717, 1.165) is 0 Å². The maximum absolute atomic E-state index is 13.1. The summed E-state index contributed by atoms with van der Waals surface area (Å²) < 4.78 is 18.2. The van der Waals surface area contributed by atoms with E-state index in [2.05, 4.69) is 0 Å². The van der Waals surface area contributed by atoms with Crippen molar-refractivity contribution in [1.82, 2.24) is 0 Å². The minimum Gasteiger partial charge on any atom is -0.377 e. The lowest BCUT2D eigenvalue weighted by Gasteiger charge is -2.02. The first kappa shape index (κ1) is 13.6. The van der Waals surface area contributed by atoms with E-state index < -0.39 is 0 Å². The van der Waals surface area contributed by atoms with E-state index in [-0.39, 0.29) is 12.4 Å². The van der Waals surface area contributed by atoms with E-state index in [0.29, 0.717) is 17.7 Å². The highest BCUT2D eigenvalue weighted by atomic mass is 19.1. The Morgan fingerprint density at radius 2 is 2.07 bits per heavy atom. The molecule has 1 aromatic rings. The summed E-state index contributed by atoms with van der Waals surface area (Å²) in [5.74, 6) is -0.382. The van der Waals surface area contributed by atoms with Crippen molar-refractivity contribution >= 4 is 0 Å². The standard InChI is InChI=1S/C10H10FNO.C2H6/c1-2-13-7-9-4-3-8(6-12)5-10(9)11;1-2/h3-5H,2,7H2,1H3;1-2H3. The molecule has 3 heteroatoms. The van der Waals surface area contributed by atoms with Crippen LogP contribution in [-0.4, -0.2) is 6.61 Å². The topological polar surface area (TPSA) is 33.0 Å². The number of nitrogens with zero attached hydrogens (tertiary/aromatic N) is 1. The minimum atomic E-state index is -0.382. The van der Waals surface area contributed by atoms with Gasteiger partial charge in [0.25, 0.3) is 0 Å². The lowest BCUT2D eigenvalue weighted by atomic mass is 10.1. The van der Waals surface area contributed by atoms with Crippen LogP contribution in [0.2, 0.25) is 0 Å².